The van der Waals surface area contributed by atoms with Gasteiger partial charge < -0.3 is 10.2 Å². The Labute approximate surface area is 105 Å². The van der Waals surface area contributed by atoms with Crippen LogP contribution in [-0.4, -0.2) is 36.3 Å². The topological polar surface area (TPSA) is 49.4 Å². The molecule has 4 heteroatoms. The first-order valence-electron chi connectivity index (χ1n) is 6.64. The molecule has 2 amide bonds. The van der Waals surface area contributed by atoms with Gasteiger partial charge >= 0.3 is 0 Å². The minimum absolute atomic E-state index is 0.0845. The largest absolute Gasteiger partial charge is 0.354 e. The Balaban J connectivity index is 3.73. The number of nitrogens with one attached hydrogen (secondary N) is 1. The Kier molecular flexibility index (Phi) is 9.49. The summed E-state index contributed by atoms with van der Waals surface area (Å²) in [5.74, 6) is 0.173. The molecule has 1 N–H and O–H groups in total. The predicted octanol–water partition coefficient (Wildman–Crippen LogP) is 1.94. The van der Waals surface area contributed by atoms with Crippen LogP contribution in [0.1, 0.15) is 52.9 Å². The maximum atomic E-state index is 11.4. The van der Waals surface area contributed by atoms with E-state index >= 15 is 0 Å². The van der Waals surface area contributed by atoms with Gasteiger partial charge in [-0.3, -0.25) is 9.59 Å². The van der Waals surface area contributed by atoms with Crippen molar-refractivity contribution in [2.75, 3.05) is 19.6 Å². The van der Waals surface area contributed by atoms with Gasteiger partial charge in [0.25, 0.3) is 0 Å². The summed E-state index contributed by atoms with van der Waals surface area (Å²) in [7, 11) is 0. The van der Waals surface area contributed by atoms with Gasteiger partial charge in [0.15, 0.2) is 0 Å². The number of carbonyl (C=O) groups excluding carboxylic acids is 2. The Morgan fingerprint density at radius 3 is 2.24 bits per heavy atom. The molecule has 4 nitrogen and oxygen atoms in total. The van der Waals surface area contributed by atoms with Gasteiger partial charge in [0.1, 0.15) is 0 Å². The Hall–Kier alpha value is -1.06. The number of unbranched alkanes of at least 4 members (excludes halogenated alkanes) is 2. The summed E-state index contributed by atoms with van der Waals surface area (Å²) >= 11 is 0. The van der Waals surface area contributed by atoms with E-state index in [1.807, 2.05) is 0 Å². The lowest BCUT2D eigenvalue weighted by molar-refractivity contribution is -0.129. The molecule has 100 valence electrons. The normalized spacial score (nSPS) is 10.1. The molecule has 0 spiro atoms. The van der Waals surface area contributed by atoms with Gasteiger partial charge in [-0.1, -0.05) is 26.7 Å². The number of carbonyl (C=O) groups is 2. The molecule has 0 aromatic heterocycles. The fourth-order valence-corrected chi connectivity index (χ4v) is 1.53. The maximum absolute atomic E-state index is 11.4. The van der Waals surface area contributed by atoms with Gasteiger partial charge in [0.05, 0.1) is 0 Å². The van der Waals surface area contributed by atoms with Crippen LogP contribution in [0, 0.1) is 0 Å². The van der Waals surface area contributed by atoms with E-state index < -0.39 is 0 Å². The van der Waals surface area contributed by atoms with Crippen LogP contribution in [-0.2, 0) is 9.59 Å². The molecule has 0 bridgehead atoms. The van der Waals surface area contributed by atoms with Crippen molar-refractivity contribution in [2.45, 2.75) is 52.9 Å². The average molecular weight is 242 g/mol. The van der Waals surface area contributed by atoms with Crippen LogP contribution >= 0.6 is 0 Å². The first kappa shape index (κ1) is 15.9. The van der Waals surface area contributed by atoms with Crippen molar-refractivity contribution in [1.29, 1.82) is 0 Å². The number of rotatable bonds is 9. The van der Waals surface area contributed by atoms with Crippen LogP contribution in [0.4, 0.5) is 0 Å². The van der Waals surface area contributed by atoms with Crippen LogP contribution < -0.4 is 5.32 Å². The third-order valence-electron chi connectivity index (χ3n) is 2.69. The monoisotopic (exact) mass is 242 g/mol. The lowest BCUT2D eigenvalue weighted by Gasteiger charge is -2.20. The fraction of sp³-hybridized carbons (Fsp3) is 0.846. The van der Waals surface area contributed by atoms with E-state index in [4.69, 9.17) is 0 Å². The minimum Gasteiger partial charge on any atom is -0.354 e. The van der Waals surface area contributed by atoms with E-state index in [1.165, 1.54) is 0 Å². The van der Waals surface area contributed by atoms with E-state index in [1.54, 1.807) is 11.8 Å². The third kappa shape index (κ3) is 8.72. The molecule has 0 aromatic carbocycles. The highest BCUT2D eigenvalue weighted by molar-refractivity contribution is 5.76. The summed E-state index contributed by atoms with van der Waals surface area (Å²) in [6.45, 7) is 7.71. The van der Waals surface area contributed by atoms with Crippen molar-refractivity contribution < 1.29 is 9.59 Å². The van der Waals surface area contributed by atoms with Gasteiger partial charge in [-0.15, -0.1) is 0 Å². The van der Waals surface area contributed by atoms with E-state index in [-0.39, 0.29) is 11.8 Å². The van der Waals surface area contributed by atoms with E-state index in [0.717, 1.165) is 32.2 Å². The number of hydrogen-bond acceptors (Lipinski definition) is 2. The van der Waals surface area contributed by atoms with Crippen LogP contribution in [0.25, 0.3) is 0 Å². The number of amides is 2. The first-order valence-corrected chi connectivity index (χ1v) is 6.64. The van der Waals surface area contributed by atoms with Crippen molar-refractivity contribution in [3.05, 3.63) is 0 Å². The molecule has 0 saturated heterocycles. The highest BCUT2D eigenvalue weighted by Gasteiger charge is 2.07. The second kappa shape index (κ2) is 10.1. The molecule has 0 radical (unpaired) electrons. The summed E-state index contributed by atoms with van der Waals surface area (Å²) in [4.78, 5) is 24.5. The zero-order valence-electron chi connectivity index (χ0n) is 11.4. The zero-order valence-corrected chi connectivity index (χ0v) is 11.4. The number of hydrogen-bond donors (Lipinski definition) is 1. The lowest BCUT2D eigenvalue weighted by Crippen LogP contribution is -2.37. The van der Waals surface area contributed by atoms with Crippen molar-refractivity contribution in [3.8, 4) is 0 Å². The summed E-state index contributed by atoms with van der Waals surface area (Å²) < 4.78 is 0. The van der Waals surface area contributed by atoms with Crippen LogP contribution in [0.15, 0.2) is 0 Å². The van der Waals surface area contributed by atoms with Crippen LogP contribution in [0.3, 0.4) is 0 Å². The molecule has 0 unspecified atom stereocenters. The first-order chi connectivity index (χ1) is 8.11. The predicted molar refractivity (Wildman–Crippen MR) is 69.7 cm³/mol. The highest BCUT2D eigenvalue weighted by Crippen LogP contribution is 1.96. The van der Waals surface area contributed by atoms with Gasteiger partial charge in [-0.05, 0) is 12.8 Å². The number of nitrogens with zero attached hydrogens (tertiary/aromatic N) is 1. The molecule has 0 aliphatic heterocycles. The average Bonchev–Trinajstić information content (AvgIpc) is 2.30. The molecule has 0 fully saturated rings. The third-order valence-corrected chi connectivity index (χ3v) is 2.69. The molecular formula is C13H26N2O2. The van der Waals surface area contributed by atoms with Crippen molar-refractivity contribution in [2.24, 2.45) is 0 Å². The molecular weight excluding hydrogens is 216 g/mol. The summed E-state index contributed by atoms with van der Waals surface area (Å²) in [6, 6.07) is 0. The van der Waals surface area contributed by atoms with Crippen molar-refractivity contribution in [3.63, 3.8) is 0 Å². The molecule has 0 atom stereocenters. The second-order valence-electron chi connectivity index (χ2n) is 4.31. The minimum atomic E-state index is 0.0845. The van der Waals surface area contributed by atoms with Crippen LogP contribution in [0.2, 0.25) is 0 Å². The molecule has 0 aliphatic rings. The summed E-state index contributed by atoms with van der Waals surface area (Å²) in [5, 5.41) is 2.85. The smallest absolute Gasteiger partial charge is 0.220 e. The van der Waals surface area contributed by atoms with Gasteiger partial charge in [0.2, 0.25) is 11.8 Å². The molecule has 0 rings (SSSR count). The molecule has 0 saturated carbocycles. The lowest BCUT2D eigenvalue weighted by atomic mass is 10.2. The Bertz CT molecular complexity index is 229. The summed E-state index contributed by atoms with van der Waals surface area (Å²) in [5.41, 5.74) is 0. The SMILES string of the molecule is CCCCC(=O)NCCN(CCCC)C(C)=O. The van der Waals surface area contributed by atoms with Gasteiger partial charge in [-0.2, -0.15) is 0 Å². The highest BCUT2D eigenvalue weighted by atomic mass is 16.2. The zero-order chi connectivity index (χ0) is 13.1. The molecule has 0 aliphatic carbocycles. The molecule has 0 heterocycles. The summed E-state index contributed by atoms with van der Waals surface area (Å²) in [6.07, 6.45) is 4.64. The Morgan fingerprint density at radius 2 is 1.71 bits per heavy atom. The van der Waals surface area contributed by atoms with E-state index in [2.05, 4.69) is 19.2 Å². The quantitative estimate of drug-likeness (QED) is 0.671. The van der Waals surface area contributed by atoms with Crippen molar-refractivity contribution in [1.82, 2.24) is 10.2 Å². The second-order valence-corrected chi connectivity index (χ2v) is 4.31. The van der Waals surface area contributed by atoms with E-state index in [0.29, 0.717) is 19.5 Å². The van der Waals surface area contributed by atoms with Gasteiger partial charge in [-0.25, -0.2) is 0 Å². The van der Waals surface area contributed by atoms with Crippen LogP contribution in [0.5, 0.6) is 0 Å². The standard InChI is InChI=1S/C13H26N2O2/c1-4-6-8-13(17)14-9-11-15(12(3)16)10-7-5-2/h4-11H2,1-3H3,(H,14,17). The molecule has 0 aromatic rings. The fourth-order valence-electron chi connectivity index (χ4n) is 1.53. The Morgan fingerprint density at radius 1 is 1.06 bits per heavy atom. The van der Waals surface area contributed by atoms with Gasteiger partial charge in [0, 0.05) is 33.0 Å². The van der Waals surface area contributed by atoms with Crippen molar-refractivity contribution >= 4 is 11.8 Å². The van der Waals surface area contributed by atoms with E-state index in [9.17, 15) is 9.59 Å². The molecule has 17 heavy (non-hydrogen) atoms. The maximum Gasteiger partial charge on any atom is 0.220 e.